The normalized spacial score (nSPS) is 11.5. The second kappa shape index (κ2) is 7.54. The Kier molecular flexibility index (Phi) is 4.22. The fourth-order valence-corrected chi connectivity index (χ4v) is 5.27. The van der Waals surface area contributed by atoms with Crippen LogP contribution in [0.25, 0.3) is 66.5 Å². The lowest BCUT2D eigenvalue weighted by Crippen LogP contribution is -1.85. The van der Waals surface area contributed by atoms with Crippen LogP contribution in [0.15, 0.2) is 128 Å². The third-order valence-electron chi connectivity index (χ3n) is 6.92. The summed E-state index contributed by atoms with van der Waals surface area (Å²) in [7, 11) is 0. The van der Waals surface area contributed by atoms with Gasteiger partial charge in [0.1, 0.15) is 0 Å². The minimum atomic E-state index is 0.999. The zero-order valence-corrected chi connectivity index (χ0v) is 18.6. The van der Waals surface area contributed by atoms with Crippen LogP contribution in [0.2, 0.25) is 0 Å². The van der Waals surface area contributed by atoms with Gasteiger partial charge in [0.15, 0.2) is 0 Å². The van der Waals surface area contributed by atoms with Crippen molar-refractivity contribution in [1.29, 1.82) is 0 Å². The molecule has 0 bridgehead atoms. The van der Waals surface area contributed by atoms with Crippen molar-refractivity contribution in [1.82, 2.24) is 4.98 Å². The van der Waals surface area contributed by atoms with Crippen molar-refractivity contribution in [2.45, 2.75) is 0 Å². The van der Waals surface area contributed by atoms with Crippen molar-refractivity contribution in [2.75, 3.05) is 0 Å². The van der Waals surface area contributed by atoms with E-state index < -0.39 is 0 Å². The molecule has 0 amide bonds. The molecule has 0 saturated heterocycles. The fraction of sp³-hybridized carbons (Fsp3) is 0. The van der Waals surface area contributed by atoms with Crippen LogP contribution in [-0.4, -0.2) is 4.98 Å². The van der Waals surface area contributed by atoms with Crippen molar-refractivity contribution in [3.05, 3.63) is 128 Å². The standard InChI is InChI=1S/C33H21N/c1-2-7-28-27(6-1)30-9-5-8-29-26(19-20-31(28)33(29)30)24-15-11-22(12-16-24)23-13-17-25(18-14-23)32-10-3-4-21-34-32/h1-21H. The quantitative estimate of drug-likeness (QED) is 0.272. The molecule has 0 N–H and O–H groups in total. The molecule has 0 spiro atoms. The number of benzene rings is 5. The molecule has 7 rings (SSSR count). The Morgan fingerprint density at radius 3 is 1.59 bits per heavy atom. The van der Waals surface area contributed by atoms with Crippen molar-refractivity contribution < 1.29 is 0 Å². The first kappa shape index (κ1) is 19.0. The number of pyridine rings is 1. The summed E-state index contributed by atoms with van der Waals surface area (Å²) in [4.78, 5) is 4.45. The van der Waals surface area contributed by atoms with Gasteiger partial charge in [-0.25, -0.2) is 0 Å². The maximum atomic E-state index is 4.45. The summed E-state index contributed by atoms with van der Waals surface area (Å²) in [5.41, 5.74) is 12.4. The van der Waals surface area contributed by atoms with Crippen LogP contribution in [0.3, 0.4) is 0 Å². The molecule has 6 aromatic rings. The molecule has 0 unspecified atom stereocenters. The van der Waals surface area contributed by atoms with Gasteiger partial charge in [0.25, 0.3) is 0 Å². The Morgan fingerprint density at radius 1 is 0.353 bits per heavy atom. The Hall–Kier alpha value is -4.49. The van der Waals surface area contributed by atoms with Gasteiger partial charge in [-0.3, -0.25) is 4.98 Å². The Balaban J connectivity index is 1.26. The van der Waals surface area contributed by atoms with Crippen LogP contribution in [0.4, 0.5) is 0 Å². The average Bonchev–Trinajstić information content (AvgIpc) is 3.25. The molecule has 0 fully saturated rings. The van der Waals surface area contributed by atoms with E-state index in [0.29, 0.717) is 0 Å². The van der Waals surface area contributed by atoms with Gasteiger partial charge in [0, 0.05) is 11.8 Å². The number of aromatic nitrogens is 1. The largest absolute Gasteiger partial charge is 0.256 e. The van der Waals surface area contributed by atoms with Crippen LogP contribution < -0.4 is 0 Å². The second-order valence-electron chi connectivity index (χ2n) is 8.80. The summed E-state index contributed by atoms with van der Waals surface area (Å²) in [6.07, 6.45) is 1.83. The van der Waals surface area contributed by atoms with E-state index in [4.69, 9.17) is 0 Å². The number of rotatable bonds is 3. The minimum Gasteiger partial charge on any atom is -0.256 e. The molecule has 0 atom stereocenters. The molecule has 1 aliphatic rings. The summed E-state index contributed by atoms with van der Waals surface area (Å²) < 4.78 is 0. The second-order valence-corrected chi connectivity index (χ2v) is 8.80. The molecule has 34 heavy (non-hydrogen) atoms. The highest BCUT2D eigenvalue weighted by atomic mass is 14.7. The van der Waals surface area contributed by atoms with Gasteiger partial charge < -0.3 is 0 Å². The fourth-order valence-electron chi connectivity index (χ4n) is 5.27. The summed E-state index contributed by atoms with van der Waals surface area (Å²) in [6.45, 7) is 0. The number of hydrogen-bond acceptors (Lipinski definition) is 1. The van der Waals surface area contributed by atoms with Crippen molar-refractivity contribution >= 4 is 10.8 Å². The number of fused-ring (bicyclic) bond motifs is 3. The third-order valence-corrected chi connectivity index (χ3v) is 6.92. The lowest BCUT2D eigenvalue weighted by atomic mass is 9.93. The molecule has 1 aliphatic carbocycles. The molecular formula is C33H21N. The first-order valence-electron chi connectivity index (χ1n) is 11.6. The van der Waals surface area contributed by atoms with E-state index in [2.05, 4.69) is 108 Å². The molecular weight excluding hydrogens is 410 g/mol. The van der Waals surface area contributed by atoms with E-state index in [1.165, 1.54) is 55.3 Å². The summed E-state index contributed by atoms with van der Waals surface area (Å²) in [6, 6.07) is 43.6. The molecule has 158 valence electrons. The molecule has 0 saturated carbocycles. The van der Waals surface area contributed by atoms with Crippen LogP contribution in [0.1, 0.15) is 0 Å². The van der Waals surface area contributed by atoms with Gasteiger partial charge in [0.05, 0.1) is 5.69 Å². The summed E-state index contributed by atoms with van der Waals surface area (Å²) in [5.74, 6) is 0. The number of nitrogens with zero attached hydrogens (tertiary/aromatic N) is 1. The Morgan fingerprint density at radius 2 is 0.912 bits per heavy atom. The smallest absolute Gasteiger partial charge is 0.0701 e. The maximum Gasteiger partial charge on any atom is 0.0701 e. The minimum absolute atomic E-state index is 0.999. The Labute approximate surface area is 199 Å². The van der Waals surface area contributed by atoms with Crippen LogP contribution in [-0.2, 0) is 0 Å². The van der Waals surface area contributed by atoms with E-state index >= 15 is 0 Å². The molecule has 0 radical (unpaired) electrons. The zero-order valence-electron chi connectivity index (χ0n) is 18.6. The SMILES string of the molecule is c1ccc(-c2ccc(-c3ccc(-c4ccc5c6c(cccc46)-c4ccccc4-5)cc3)cc2)nc1. The predicted octanol–water partition coefficient (Wildman–Crippen LogP) is 8.88. The van der Waals surface area contributed by atoms with E-state index in [-0.39, 0.29) is 0 Å². The Bertz CT molecular complexity index is 1630. The zero-order chi connectivity index (χ0) is 22.5. The first-order chi connectivity index (χ1) is 16.9. The van der Waals surface area contributed by atoms with Gasteiger partial charge in [-0.1, -0.05) is 109 Å². The number of hydrogen-bond donors (Lipinski definition) is 0. The van der Waals surface area contributed by atoms with Gasteiger partial charge in [-0.05, 0) is 67.4 Å². The molecule has 1 nitrogen and oxygen atoms in total. The highest BCUT2D eigenvalue weighted by Crippen LogP contribution is 2.49. The van der Waals surface area contributed by atoms with Crippen molar-refractivity contribution in [3.8, 4) is 55.8 Å². The van der Waals surface area contributed by atoms with E-state index in [1.807, 2.05) is 24.4 Å². The molecule has 5 aromatic carbocycles. The topological polar surface area (TPSA) is 12.9 Å². The van der Waals surface area contributed by atoms with Gasteiger partial charge >= 0.3 is 0 Å². The lowest BCUT2D eigenvalue weighted by Gasteiger charge is -2.11. The summed E-state index contributed by atoms with van der Waals surface area (Å²) >= 11 is 0. The van der Waals surface area contributed by atoms with E-state index in [0.717, 1.165) is 11.3 Å². The van der Waals surface area contributed by atoms with Crippen molar-refractivity contribution in [3.63, 3.8) is 0 Å². The summed E-state index contributed by atoms with van der Waals surface area (Å²) in [5, 5.41) is 2.69. The van der Waals surface area contributed by atoms with Crippen LogP contribution in [0.5, 0.6) is 0 Å². The monoisotopic (exact) mass is 431 g/mol. The lowest BCUT2D eigenvalue weighted by molar-refractivity contribution is 1.33. The van der Waals surface area contributed by atoms with Gasteiger partial charge in [-0.15, -0.1) is 0 Å². The van der Waals surface area contributed by atoms with Gasteiger partial charge in [0.2, 0.25) is 0 Å². The van der Waals surface area contributed by atoms with Gasteiger partial charge in [-0.2, -0.15) is 0 Å². The molecule has 1 heterocycles. The maximum absolute atomic E-state index is 4.45. The van der Waals surface area contributed by atoms with Crippen LogP contribution >= 0.6 is 0 Å². The van der Waals surface area contributed by atoms with Crippen LogP contribution in [0, 0.1) is 0 Å². The highest BCUT2D eigenvalue weighted by Gasteiger charge is 2.21. The van der Waals surface area contributed by atoms with E-state index in [1.54, 1.807) is 0 Å². The predicted molar refractivity (Wildman–Crippen MR) is 142 cm³/mol. The average molecular weight is 432 g/mol. The van der Waals surface area contributed by atoms with Crippen molar-refractivity contribution in [2.24, 2.45) is 0 Å². The van der Waals surface area contributed by atoms with E-state index in [9.17, 15) is 0 Å². The first-order valence-corrected chi connectivity index (χ1v) is 11.6. The highest BCUT2D eigenvalue weighted by molar-refractivity contribution is 6.18. The third kappa shape index (κ3) is 2.91. The molecule has 1 aromatic heterocycles. The molecule has 0 aliphatic heterocycles. The molecule has 1 heteroatoms.